The minimum absolute atomic E-state index is 0.171. The molecule has 0 aromatic heterocycles. The molecule has 71 valence electrons. The third-order valence-corrected chi connectivity index (χ3v) is 1.57. The van der Waals surface area contributed by atoms with E-state index < -0.39 is 0 Å². The summed E-state index contributed by atoms with van der Waals surface area (Å²) in [5, 5.41) is 19.5. The van der Waals surface area contributed by atoms with Gasteiger partial charge in [-0.25, -0.2) is 0 Å². The summed E-state index contributed by atoms with van der Waals surface area (Å²) in [7, 11) is 0. The Labute approximate surface area is 88.6 Å². The zero-order valence-corrected chi connectivity index (χ0v) is 7.94. The predicted molar refractivity (Wildman–Crippen MR) is 56.6 cm³/mol. The molecule has 0 unspecified atom stereocenters. The van der Waals surface area contributed by atoms with Crippen LogP contribution in [0, 0.1) is 28.9 Å². The molecule has 0 saturated heterocycles. The van der Waals surface area contributed by atoms with E-state index >= 15 is 0 Å². The van der Waals surface area contributed by atoms with E-state index in [9.17, 15) is 0 Å². The third kappa shape index (κ3) is 3.80. The average molecular weight is 194 g/mol. The molecule has 0 heterocycles. The highest BCUT2D eigenvalue weighted by Gasteiger charge is 1.89. The summed E-state index contributed by atoms with van der Waals surface area (Å²) in [5.41, 5.74) is 1.14. The molecule has 0 amide bonds. The van der Waals surface area contributed by atoms with Crippen molar-refractivity contribution in [3.8, 4) is 12.1 Å². The van der Waals surface area contributed by atoms with E-state index in [2.05, 4.69) is 11.5 Å². The van der Waals surface area contributed by atoms with Gasteiger partial charge in [0.15, 0.2) is 0 Å². The summed E-state index contributed by atoms with van der Waals surface area (Å²) >= 11 is 0. The summed E-state index contributed by atoms with van der Waals surface area (Å²) in [6.07, 6.45) is 5.55. The maximum Gasteiger partial charge on any atom is 0.128 e. The van der Waals surface area contributed by atoms with Crippen LogP contribution in [0.1, 0.15) is 5.56 Å². The van der Waals surface area contributed by atoms with Crippen molar-refractivity contribution in [3.05, 3.63) is 53.9 Å². The van der Waals surface area contributed by atoms with Crippen LogP contribution in [0.2, 0.25) is 0 Å². The lowest BCUT2D eigenvalue weighted by Gasteiger charge is -1.93. The van der Waals surface area contributed by atoms with Gasteiger partial charge < -0.3 is 5.32 Å². The molecule has 3 heteroatoms. The number of nitriles is 2. The second-order valence-electron chi connectivity index (χ2n) is 2.62. The quantitative estimate of drug-likeness (QED) is 0.591. The van der Waals surface area contributed by atoms with E-state index in [1.807, 2.05) is 36.4 Å². The Morgan fingerprint density at radius 3 is 2.53 bits per heavy atom. The lowest BCUT2D eigenvalue weighted by molar-refractivity contribution is 1.09. The molecule has 0 aliphatic heterocycles. The van der Waals surface area contributed by atoms with E-state index in [1.54, 1.807) is 12.1 Å². The highest BCUT2D eigenvalue weighted by Crippen LogP contribution is 1.99. The molecule has 1 N–H and O–H groups in total. The van der Waals surface area contributed by atoms with E-state index in [0.717, 1.165) is 11.6 Å². The SMILES string of the molecule is N#CC=C(C#N)N/[C]=C/c1ccccc1. The van der Waals surface area contributed by atoms with Crippen molar-refractivity contribution >= 4 is 6.08 Å². The van der Waals surface area contributed by atoms with Gasteiger partial charge >= 0.3 is 0 Å². The second kappa shape index (κ2) is 6.01. The van der Waals surface area contributed by atoms with Gasteiger partial charge in [0.2, 0.25) is 0 Å². The molecule has 0 spiro atoms. The van der Waals surface area contributed by atoms with Crippen molar-refractivity contribution in [1.29, 1.82) is 10.5 Å². The smallest absolute Gasteiger partial charge is 0.128 e. The minimum Gasteiger partial charge on any atom is -0.345 e. The van der Waals surface area contributed by atoms with Gasteiger partial charge in [0.25, 0.3) is 0 Å². The average Bonchev–Trinajstić information content (AvgIpc) is 2.29. The molecule has 1 radical (unpaired) electrons. The van der Waals surface area contributed by atoms with Crippen molar-refractivity contribution in [2.45, 2.75) is 0 Å². The predicted octanol–water partition coefficient (Wildman–Crippen LogP) is 1.98. The number of allylic oxidation sites excluding steroid dienone is 2. The molecule has 0 aliphatic rings. The van der Waals surface area contributed by atoms with Gasteiger partial charge in [-0.2, -0.15) is 10.5 Å². The molecule has 3 nitrogen and oxygen atoms in total. The number of hydrogen-bond acceptors (Lipinski definition) is 3. The Morgan fingerprint density at radius 2 is 1.93 bits per heavy atom. The molecular formula is C12H8N3. The van der Waals surface area contributed by atoms with Crippen molar-refractivity contribution in [3.63, 3.8) is 0 Å². The summed E-state index contributed by atoms with van der Waals surface area (Å²) in [5.74, 6) is 0. The van der Waals surface area contributed by atoms with Crippen molar-refractivity contribution in [2.75, 3.05) is 0 Å². The standard InChI is InChI=1S/C12H8N3/c13-8-6-12(10-14)15-9-7-11-4-2-1-3-5-11/h1-7,15H. The largest absolute Gasteiger partial charge is 0.345 e. The third-order valence-electron chi connectivity index (χ3n) is 1.57. The number of nitrogens with zero attached hydrogens (tertiary/aromatic N) is 2. The molecule has 0 fully saturated rings. The van der Waals surface area contributed by atoms with Crippen LogP contribution in [-0.4, -0.2) is 0 Å². The first-order valence-electron chi connectivity index (χ1n) is 4.26. The Balaban J connectivity index is 2.59. The van der Waals surface area contributed by atoms with E-state index in [1.165, 1.54) is 0 Å². The fraction of sp³-hybridized carbons (Fsp3) is 0. The van der Waals surface area contributed by atoms with E-state index in [-0.39, 0.29) is 5.70 Å². The number of rotatable bonds is 3. The van der Waals surface area contributed by atoms with Crippen LogP contribution >= 0.6 is 0 Å². The van der Waals surface area contributed by atoms with Crippen LogP contribution in [0.5, 0.6) is 0 Å². The summed E-state index contributed by atoms with van der Waals surface area (Å²) in [6, 6.07) is 13.2. The van der Waals surface area contributed by atoms with Gasteiger partial charge in [0, 0.05) is 0 Å². The fourth-order valence-electron chi connectivity index (χ4n) is 0.907. The van der Waals surface area contributed by atoms with Gasteiger partial charge in [-0.15, -0.1) is 0 Å². The highest BCUT2D eigenvalue weighted by atomic mass is 14.8. The fourth-order valence-corrected chi connectivity index (χ4v) is 0.907. The molecular weight excluding hydrogens is 186 g/mol. The first-order chi connectivity index (χ1) is 7.36. The van der Waals surface area contributed by atoms with E-state index in [0.29, 0.717) is 0 Å². The Kier molecular flexibility index (Phi) is 4.23. The second-order valence-corrected chi connectivity index (χ2v) is 2.62. The summed E-state index contributed by atoms with van der Waals surface area (Å²) in [4.78, 5) is 0. The van der Waals surface area contributed by atoms with Gasteiger partial charge in [-0.05, 0) is 11.6 Å². The zero-order valence-electron chi connectivity index (χ0n) is 7.94. The van der Waals surface area contributed by atoms with Gasteiger partial charge in [-0.1, -0.05) is 30.3 Å². The molecule has 1 rings (SSSR count). The van der Waals surface area contributed by atoms with Crippen LogP contribution < -0.4 is 5.32 Å². The molecule has 1 aromatic carbocycles. The minimum atomic E-state index is 0.171. The van der Waals surface area contributed by atoms with Crippen LogP contribution in [0.15, 0.2) is 42.1 Å². The number of benzene rings is 1. The highest BCUT2D eigenvalue weighted by molar-refractivity contribution is 5.47. The van der Waals surface area contributed by atoms with Crippen molar-refractivity contribution < 1.29 is 0 Å². The first-order valence-corrected chi connectivity index (χ1v) is 4.26. The van der Waals surface area contributed by atoms with Gasteiger partial charge in [0.05, 0.1) is 18.3 Å². The van der Waals surface area contributed by atoms with E-state index in [4.69, 9.17) is 10.5 Å². The lowest BCUT2D eigenvalue weighted by atomic mass is 10.2. The Hall–Kier alpha value is -2.52. The Morgan fingerprint density at radius 1 is 1.20 bits per heavy atom. The van der Waals surface area contributed by atoms with Crippen LogP contribution in [0.25, 0.3) is 6.08 Å². The monoisotopic (exact) mass is 194 g/mol. The molecule has 0 atom stereocenters. The number of nitrogens with one attached hydrogen (secondary N) is 1. The molecule has 0 saturated carbocycles. The topological polar surface area (TPSA) is 59.6 Å². The maximum atomic E-state index is 8.57. The molecule has 0 bridgehead atoms. The Bertz CT molecular complexity index is 444. The van der Waals surface area contributed by atoms with Crippen molar-refractivity contribution in [1.82, 2.24) is 5.32 Å². The first kappa shape index (κ1) is 10.6. The molecule has 1 aromatic rings. The molecule has 0 aliphatic carbocycles. The van der Waals surface area contributed by atoms with Crippen molar-refractivity contribution in [2.24, 2.45) is 0 Å². The maximum absolute atomic E-state index is 8.57. The summed E-state index contributed by atoms with van der Waals surface area (Å²) < 4.78 is 0. The normalized spacial score (nSPS) is 10.7. The zero-order chi connectivity index (χ0) is 10.9. The van der Waals surface area contributed by atoms with Crippen LogP contribution in [-0.2, 0) is 0 Å². The molecule has 15 heavy (non-hydrogen) atoms. The van der Waals surface area contributed by atoms with Crippen LogP contribution in [0.4, 0.5) is 0 Å². The van der Waals surface area contributed by atoms with Gasteiger partial charge in [0.1, 0.15) is 11.8 Å². The van der Waals surface area contributed by atoms with Crippen LogP contribution in [0.3, 0.4) is 0 Å². The lowest BCUT2D eigenvalue weighted by Crippen LogP contribution is -2.02. The number of hydrogen-bond donors (Lipinski definition) is 1. The summed E-state index contributed by atoms with van der Waals surface area (Å²) in [6.45, 7) is 0. The van der Waals surface area contributed by atoms with Gasteiger partial charge in [-0.3, -0.25) is 0 Å².